The number of fused-ring (bicyclic) bond motifs is 12. The summed E-state index contributed by atoms with van der Waals surface area (Å²) in [5.41, 5.74) is 28.8. The average Bonchev–Trinajstić information content (AvgIpc) is 1.59. The Kier molecular flexibility index (Phi) is 14.2. The van der Waals surface area contributed by atoms with E-state index in [9.17, 15) is 0 Å². The van der Waals surface area contributed by atoms with Gasteiger partial charge in [-0.3, -0.25) is 4.57 Å². The maximum Gasteiger partial charge on any atom is 0.163 e. The molecule has 0 bridgehead atoms. The second kappa shape index (κ2) is 24.8. The first-order chi connectivity index (χ1) is 52.7. The van der Waals surface area contributed by atoms with Crippen LogP contribution >= 0.6 is 0 Å². The second-order valence-corrected chi connectivity index (χ2v) is 27.5. The van der Waals surface area contributed by atoms with Gasteiger partial charge >= 0.3 is 0 Å². The van der Waals surface area contributed by atoms with Gasteiger partial charge in [0.1, 0.15) is 0 Å². The Balaban J connectivity index is 1.07. The van der Waals surface area contributed by atoms with Gasteiger partial charge in [-0.25, -0.2) is 4.98 Å². The normalized spacial score (nSPS) is 11.8. The van der Waals surface area contributed by atoms with E-state index in [2.05, 4.69) is 413 Å². The summed E-state index contributed by atoms with van der Waals surface area (Å²) in [7, 11) is 0. The molecule has 106 heavy (non-hydrogen) atoms. The van der Waals surface area contributed by atoms with Gasteiger partial charge in [-0.1, -0.05) is 334 Å². The van der Waals surface area contributed by atoms with Crippen molar-refractivity contribution >= 4 is 87.2 Å². The van der Waals surface area contributed by atoms with Crippen molar-refractivity contribution in [2.24, 2.45) is 0 Å². The Bertz CT molecular complexity index is 6710. The summed E-state index contributed by atoms with van der Waals surface area (Å²) in [5, 5.41) is 9.11. The first-order valence-corrected chi connectivity index (χ1v) is 36.5. The van der Waals surface area contributed by atoms with E-state index >= 15 is 0 Å². The van der Waals surface area contributed by atoms with Gasteiger partial charge in [-0.15, -0.1) is 0 Å². The summed E-state index contributed by atoms with van der Waals surface area (Å²) < 4.78 is 10.3. The van der Waals surface area contributed by atoms with Crippen molar-refractivity contribution < 1.29 is 0 Å². The molecule has 0 N–H and O–H groups in total. The molecule has 0 atom stereocenters. The van der Waals surface area contributed by atoms with Crippen LogP contribution in [0.25, 0.3) is 199 Å². The van der Waals surface area contributed by atoms with Crippen LogP contribution in [0.15, 0.2) is 394 Å². The van der Waals surface area contributed by atoms with Crippen LogP contribution < -0.4 is 0 Å². The minimum atomic E-state index is 0.765. The number of para-hydroxylation sites is 2. The number of hydrogen-bond acceptors (Lipinski definition) is 1. The molecule has 21 aromatic rings. The number of pyridine rings is 1. The number of benzene rings is 16. The van der Waals surface area contributed by atoms with Crippen LogP contribution in [0.4, 0.5) is 0 Å². The van der Waals surface area contributed by atoms with E-state index in [4.69, 9.17) is 4.98 Å². The van der Waals surface area contributed by atoms with E-state index in [1.54, 1.807) is 0 Å². The van der Waals surface area contributed by atoms with Crippen molar-refractivity contribution in [3.05, 3.63) is 394 Å². The molecule has 0 spiro atoms. The maximum absolute atomic E-state index is 6.75. The van der Waals surface area contributed by atoms with Crippen molar-refractivity contribution in [1.82, 2.24) is 23.3 Å². The predicted octanol–water partition coefficient (Wildman–Crippen LogP) is 26.8. The molecule has 0 saturated carbocycles. The highest BCUT2D eigenvalue weighted by Crippen LogP contribution is 2.55. The van der Waals surface area contributed by atoms with Gasteiger partial charge in [0.05, 0.1) is 61.2 Å². The van der Waals surface area contributed by atoms with Crippen LogP contribution in [0, 0.1) is 0 Å². The molecule has 5 heteroatoms. The lowest BCUT2D eigenvalue weighted by Crippen LogP contribution is -2.13. The molecule has 494 valence electrons. The molecule has 0 fully saturated rings. The Morgan fingerprint density at radius 1 is 0.170 bits per heavy atom. The summed E-state index contributed by atoms with van der Waals surface area (Å²) in [6.45, 7) is 0. The van der Waals surface area contributed by atoms with Crippen LogP contribution in [0.5, 0.6) is 0 Å². The average molecular weight is 1350 g/mol. The largest absolute Gasteiger partial charge is 0.309 e. The molecular formula is C101H65N5. The lowest BCUT2D eigenvalue weighted by atomic mass is 9.93. The summed E-state index contributed by atoms with van der Waals surface area (Å²) in [5.74, 6) is 0.765. The zero-order valence-corrected chi connectivity index (χ0v) is 57.8. The lowest BCUT2D eigenvalue weighted by molar-refractivity contribution is 1.01. The highest BCUT2D eigenvalue weighted by molar-refractivity contribution is 6.26. The van der Waals surface area contributed by atoms with E-state index in [-0.39, 0.29) is 0 Å². The van der Waals surface area contributed by atoms with Gasteiger partial charge in [0, 0.05) is 59.9 Å². The zero-order chi connectivity index (χ0) is 69.8. The SMILES string of the molecule is c1ccc(-c2nc(-n3c4cccc(-c5ccccc5)c4c4c(-c5ccccc5)cccc43)c(-n3c4cccc(-c5ccccc5)c4c4c(-c5ccccc5)cccc43)c(-c3cccc4c3c3ccccc3n4-c3ccccc3)c2-n2c3cccc(-c4ccccc4)c3c3c(-c4ccccc4)cccc32)cc1. The van der Waals surface area contributed by atoms with Crippen LogP contribution in [0.3, 0.4) is 0 Å². The summed E-state index contributed by atoms with van der Waals surface area (Å²) in [6.07, 6.45) is 0. The number of nitrogens with zero attached hydrogens (tertiary/aromatic N) is 5. The summed E-state index contributed by atoms with van der Waals surface area (Å²) in [4.78, 5) is 6.75. The fourth-order valence-corrected chi connectivity index (χ4v) is 17.5. The Hall–Kier alpha value is -14.1. The Labute approximate surface area is 612 Å². The van der Waals surface area contributed by atoms with Gasteiger partial charge in [-0.05, 0) is 133 Å². The molecule has 5 aromatic heterocycles. The van der Waals surface area contributed by atoms with Crippen LogP contribution in [0.2, 0.25) is 0 Å². The van der Waals surface area contributed by atoms with Gasteiger partial charge in [0.25, 0.3) is 0 Å². The molecule has 0 radical (unpaired) electrons. The van der Waals surface area contributed by atoms with Crippen molar-refractivity contribution in [3.8, 4) is 112 Å². The molecule has 0 aliphatic rings. The highest BCUT2D eigenvalue weighted by Gasteiger charge is 2.35. The Morgan fingerprint density at radius 3 is 0.764 bits per heavy atom. The first kappa shape index (κ1) is 60.6. The fraction of sp³-hybridized carbons (Fsp3) is 0. The standard InChI is InChI=1S/C101H65N5/c1-9-34-66(35-10-1)74-51-27-60-84-91(74)92-75(67-36-11-2-12-37-67)52-28-61-85(92)104(84)99-97(81-57-33-59-83-90(81)80-50-25-26-58-82(80)103(83)73-48-23-8-24-49-73)100(105-86-62-29-53-76(68-38-13-3-14-39-68)93(86)94-77(54-30-63-87(94)105)69-40-15-4-16-41-69)101(102-98(99)72-46-21-7-22-47-72)106-88-64-31-55-78(70-42-17-5-18-43-70)95(88)96-79(56-32-65-89(96)106)71-44-19-6-20-45-71/h1-65H. The third-order valence-electron chi connectivity index (χ3n) is 21.8. The monoisotopic (exact) mass is 1350 g/mol. The minimum absolute atomic E-state index is 0.765. The quantitative estimate of drug-likeness (QED) is 0.120. The van der Waals surface area contributed by atoms with E-state index in [0.717, 1.165) is 199 Å². The summed E-state index contributed by atoms with van der Waals surface area (Å²) >= 11 is 0. The zero-order valence-electron chi connectivity index (χ0n) is 57.8. The number of aromatic nitrogens is 5. The molecule has 5 nitrogen and oxygen atoms in total. The minimum Gasteiger partial charge on any atom is -0.309 e. The predicted molar refractivity (Wildman–Crippen MR) is 445 cm³/mol. The third kappa shape index (κ3) is 9.39. The molecule has 5 heterocycles. The molecule has 0 unspecified atom stereocenters. The first-order valence-electron chi connectivity index (χ1n) is 36.5. The van der Waals surface area contributed by atoms with E-state index in [0.29, 0.717) is 0 Å². The van der Waals surface area contributed by atoms with E-state index in [1.807, 2.05) is 0 Å². The van der Waals surface area contributed by atoms with E-state index < -0.39 is 0 Å². The third-order valence-corrected chi connectivity index (χ3v) is 21.8. The maximum atomic E-state index is 6.75. The smallest absolute Gasteiger partial charge is 0.163 e. The van der Waals surface area contributed by atoms with Crippen LogP contribution in [-0.2, 0) is 0 Å². The molecule has 0 aliphatic carbocycles. The van der Waals surface area contributed by atoms with Crippen LogP contribution in [0.1, 0.15) is 0 Å². The van der Waals surface area contributed by atoms with Gasteiger partial charge in [0.2, 0.25) is 0 Å². The van der Waals surface area contributed by atoms with Crippen LogP contribution in [-0.4, -0.2) is 23.3 Å². The highest BCUT2D eigenvalue weighted by atomic mass is 15.2. The topological polar surface area (TPSA) is 32.6 Å². The van der Waals surface area contributed by atoms with Crippen molar-refractivity contribution in [2.45, 2.75) is 0 Å². The molecule has 21 rings (SSSR count). The molecular weight excluding hydrogens is 1280 g/mol. The molecule has 16 aromatic carbocycles. The fourth-order valence-electron chi connectivity index (χ4n) is 17.5. The Morgan fingerprint density at radius 2 is 0.425 bits per heavy atom. The van der Waals surface area contributed by atoms with Gasteiger partial charge < -0.3 is 13.7 Å². The van der Waals surface area contributed by atoms with Crippen molar-refractivity contribution in [1.29, 1.82) is 0 Å². The lowest BCUT2D eigenvalue weighted by Gasteiger charge is -2.27. The number of rotatable bonds is 12. The summed E-state index contributed by atoms with van der Waals surface area (Å²) in [6, 6.07) is 145. The van der Waals surface area contributed by atoms with Gasteiger partial charge in [-0.2, -0.15) is 0 Å². The molecule has 0 aliphatic heterocycles. The number of hydrogen-bond donors (Lipinski definition) is 0. The van der Waals surface area contributed by atoms with Crippen molar-refractivity contribution in [3.63, 3.8) is 0 Å². The van der Waals surface area contributed by atoms with E-state index in [1.165, 1.54) is 0 Å². The molecule has 0 saturated heterocycles. The molecule has 0 amide bonds. The second-order valence-electron chi connectivity index (χ2n) is 27.5. The van der Waals surface area contributed by atoms with Gasteiger partial charge in [0.15, 0.2) is 5.82 Å². The van der Waals surface area contributed by atoms with Crippen molar-refractivity contribution in [2.75, 3.05) is 0 Å².